The van der Waals surface area contributed by atoms with E-state index in [9.17, 15) is 5.11 Å². The summed E-state index contributed by atoms with van der Waals surface area (Å²) in [6.07, 6.45) is -0.467. The lowest BCUT2D eigenvalue weighted by atomic mass is 10.1. The molecule has 1 N–H and O–H groups in total. The lowest BCUT2D eigenvalue weighted by Gasteiger charge is -2.34. The highest BCUT2D eigenvalue weighted by Gasteiger charge is 2.18. The Kier molecular flexibility index (Phi) is 8.70. The van der Waals surface area contributed by atoms with Gasteiger partial charge in [-0.3, -0.25) is 9.80 Å². The molecule has 2 aromatic carbocycles. The van der Waals surface area contributed by atoms with E-state index >= 15 is 0 Å². The first-order chi connectivity index (χ1) is 14.5. The second-order valence-corrected chi connectivity index (χ2v) is 8.50. The molecule has 164 valence electrons. The van der Waals surface area contributed by atoms with E-state index in [2.05, 4.69) is 72.0 Å². The number of hydrogen-bond acceptors (Lipinski definition) is 5. The fourth-order valence-electron chi connectivity index (χ4n) is 3.94. The smallest absolute Gasteiger partial charge is 0.119 e. The molecule has 5 nitrogen and oxygen atoms in total. The van der Waals surface area contributed by atoms with E-state index in [1.807, 2.05) is 12.1 Å². The molecule has 0 spiro atoms. The van der Waals surface area contributed by atoms with Gasteiger partial charge in [0.1, 0.15) is 18.5 Å². The van der Waals surface area contributed by atoms with E-state index in [0.717, 1.165) is 51.6 Å². The molecule has 2 aromatic rings. The number of benzene rings is 2. The lowest BCUT2D eigenvalue weighted by molar-refractivity contribution is 0.0470. The normalized spacial score (nSPS) is 16.7. The minimum absolute atomic E-state index is 0.330. The number of piperazine rings is 1. The van der Waals surface area contributed by atoms with Crippen molar-refractivity contribution in [2.45, 2.75) is 33.0 Å². The Labute approximate surface area is 181 Å². The van der Waals surface area contributed by atoms with E-state index in [1.165, 1.54) is 16.7 Å². The summed E-state index contributed by atoms with van der Waals surface area (Å²) in [6.45, 7) is 12.4. The minimum Gasteiger partial charge on any atom is -0.491 e. The largest absolute Gasteiger partial charge is 0.491 e. The van der Waals surface area contributed by atoms with E-state index in [4.69, 9.17) is 4.74 Å². The Hall–Kier alpha value is -1.92. The van der Waals surface area contributed by atoms with Gasteiger partial charge in [-0.05, 0) is 43.8 Å². The van der Waals surface area contributed by atoms with Crippen LogP contribution in [-0.2, 0) is 13.1 Å². The first-order valence-corrected chi connectivity index (χ1v) is 11.1. The number of hydrogen-bond donors (Lipinski definition) is 1. The van der Waals surface area contributed by atoms with E-state index in [1.54, 1.807) is 0 Å². The van der Waals surface area contributed by atoms with Gasteiger partial charge in [0.25, 0.3) is 0 Å². The van der Waals surface area contributed by atoms with Crippen LogP contribution in [0.1, 0.15) is 23.6 Å². The summed E-state index contributed by atoms with van der Waals surface area (Å²) in [4.78, 5) is 7.08. The van der Waals surface area contributed by atoms with Crippen molar-refractivity contribution in [2.24, 2.45) is 0 Å². The Balaban J connectivity index is 1.42. The van der Waals surface area contributed by atoms with Crippen molar-refractivity contribution in [3.05, 3.63) is 65.2 Å². The van der Waals surface area contributed by atoms with Gasteiger partial charge in [0.15, 0.2) is 0 Å². The lowest BCUT2D eigenvalue weighted by Crippen LogP contribution is -2.49. The molecular weight excluding hydrogens is 374 g/mol. The zero-order valence-corrected chi connectivity index (χ0v) is 18.8. The predicted octanol–water partition coefficient (Wildman–Crippen LogP) is 3.00. The van der Waals surface area contributed by atoms with Crippen LogP contribution in [0.25, 0.3) is 0 Å². The molecule has 0 saturated carbocycles. The van der Waals surface area contributed by atoms with Crippen molar-refractivity contribution in [3.63, 3.8) is 0 Å². The van der Waals surface area contributed by atoms with Gasteiger partial charge in [0.2, 0.25) is 0 Å². The van der Waals surface area contributed by atoms with Crippen molar-refractivity contribution in [2.75, 3.05) is 52.9 Å². The molecule has 0 unspecified atom stereocenters. The molecule has 1 fully saturated rings. The summed E-state index contributed by atoms with van der Waals surface area (Å²) >= 11 is 0. The van der Waals surface area contributed by atoms with E-state index in [0.29, 0.717) is 13.2 Å². The van der Waals surface area contributed by atoms with Gasteiger partial charge < -0.3 is 14.7 Å². The third-order valence-electron chi connectivity index (χ3n) is 5.75. The topological polar surface area (TPSA) is 39.2 Å². The maximum Gasteiger partial charge on any atom is 0.119 e. The molecule has 1 saturated heterocycles. The second kappa shape index (κ2) is 11.5. The molecular formula is C25H37N3O2. The van der Waals surface area contributed by atoms with Gasteiger partial charge in [-0.25, -0.2) is 0 Å². The third-order valence-corrected chi connectivity index (χ3v) is 5.75. The van der Waals surface area contributed by atoms with E-state index in [-0.39, 0.29) is 0 Å². The van der Waals surface area contributed by atoms with Crippen LogP contribution in [0.5, 0.6) is 5.75 Å². The van der Waals surface area contributed by atoms with Crippen LogP contribution in [0.15, 0.2) is 48.5 Å². The van der Waals surface area contributed by atoms with E-state index < -0.39 is 6.10 Å². The van der Waals surface area contributed by atoms with Gasteiger partial charge in [-0.15, -0.1) is 0 Å². The minimum atomic E-state index is -0.467. The molecule has 1 atom stereocenters. The van der Waals surface area contributed by atoms with Crippen LogP contribution in [0.2, 0.25) is 0 Å². The van der Waals surface area contributed by atoms with Gasteiger partial charge in [0, 0.05) is 45.8 Å². The number of ether oxygens (including phenoxy) is 1. The summed E-state index contributed by atoms with van der Waals surface area (Å²) in [5, 5.41) is 10.4. The Bertz CT molecular complexity index is 757. The molecule has 0 aromatic heterocycles. The summed E-state index contributed by atoms with van der Waals surface area (Å²) in [5.74, 6) is 0.825. The number of nitrogens with zero attached hydrogens (tertiary/aromatic N) is 3. The average molecular weight is 412 g/mol. The Morgan fingerprint density at radius 1 is 0.967 bits per heavy atom. The molecule has 0 radical (unpaired) electrons. The van der Waals surface area contributed by atoms with Crippen LogP contribution in [0, 0.1) is 6.92 Å². The number of aliphatic hydroxyl groups excluding tert-OH is 1. The van der Waals surface area contributed by atoms with Crippen LogP contribution >= 0.6 is 0 Å². The predicted molar refractivity (Wildman–Crippen MR) is 123 cm³/mol. The summed E-state index contributed by atoms with van der Waals surface area (Å²) < 4.78 is 5.90. The second-order valence-electron chi connectivity index (χ2n) is 8.50. The van der Waals surface area contributed by atoms with Crippen molar-refractivity contribution in [1.82, 2.24) is 14.7 Å². The number of aliphatic hydroxyl groups is 1. The third kappa shape index (κ3) is 7.40. The number of β-amino-alcohol motifs (C(OH)–C–C–N with tert-alkyl or cyclic N) is 1. The average Bonchev–Trinajstić information content (AvgIpc) is 2.75. The van der Waals surface area contributed by atoms with Crippen molar-refractivity contribution in [1.29, 1.82) is 0 Å². The van der Waals surface area contributed by atoms with Crippen molar-refractivity contribution < 1.29 is 9.84 Å². The fraction of sp³-hybridized carbons (Fsp3) is 0.520. The number of likely N-dealkylation sites (N-methyl/N-ethyl adjacent to an activating group) is 1. The highest BCUT2D eigenvalue weighted by Crippen LogP contribution is 2.16. The molecule has 0 amide bonds. The SMILES string of the molecule is CCN1CCN(C[C@@H](O)COc2cccc(CN(C)Cc3ccc(C)cc3)c2)CC1. The maximum absolute atomic E-state index is 10.4. The Morgan fingerprint density at radius 3 is 2.33 bits per heavy atom. The fourth-order valence-corrected chi connectivity index (χ4v) is 3.94. The molecule has 1 aliphatic rings. The van der Waals surface area contributed by atoms with Gasteiger partial charge >= 0.3 is 0 Å². The zero-order valence-electron chi connectivity index (χ0n) is 18.8. The molecule has 0 bridgehead atoms. The maximum atomic E-state index is 10.4. The number of aryl methyl sites for hydroxylation is 1. The molecule has 1 aliphatic heterocycles. The molecule has 3 rings (SSSR count). The molecule has 30 heavy (non-hydrogen) atoms. The van der Waals surface area contributed by atoms with Gasteiger partial charge in [0.05, 0.1) is 0 Å². The standard InChI is InChI=1S/C25H37N3O2/c1-4-27-12-14-28(15-13-27)19-24(29)20-30-25-7-5-6-23(16-25)18-26(3)17-22-10-8-21(2)9-11-22/h5-11,16,24,29H,4,12-15,17-20H2,1-3H3/t24-/m1/s1. The summed E-state index contributed by atoms with van der Waals surface area (Å²) in [7, 11) is 2.13. The number of rotatable bonds is 10. The van der Waals surface area contributed by atoms with Crippen molar-refractivity contribution in [3.8, 4) is 5.75 Å². The summed E-state index contributed by atoms with van der Waals surface area (Å²) in [5.41, 5.74) is 3.82. The van der Waals surface area contributed by atoms with Crippen LogP contribution in [-0.4, -0.2) is 78.8 Å². The molecule has 0 aliphatic carbocycles. The van der Waals surface area contributed by atoms with Crippen molar-refractivity contribution >= 4 is 0 Å². The highest BCUT2D eigenvalue weighted by atomic mass is 16.5. The highest BCUT2D eigenvalue weighted by molar-refractivity contribution is 5.28. The zero-order chi connectivity index (χ0) is 21.3. The monoisotopic (exact) mass is 411 g/mol. The Morgan fingerprint density at radius 2 is 1.63 bits per heavy atom. The first-order valence-electron chi connectivity index (χ1n) is 11.1. The van der Waals surface area contributed by atoms with Gasteiger partial charge in [-0.1, -0.05) is 48.9 Å². The van der Waals surface area contributed by atoms with Crippen LogP contribution in [0.3, 0.4) is 0 Å². The summed E-state index contributed by atoms with van der Waals surface area (Å²) in [6, 6.07) is 16.9. The van der Waals surface area contributed by atoms with Crippen LogP contribution < -0.4 is 4.74 Å². The first kappa shape index (κ1) is 22.8. The molecule has 1 heterocycles. The molecule has 5 heteroatoms. The quantitative estimate of drug-likeness (QED) is 0.651. The van der Waals surface area contributed by atoms with Crippen LogP contribution in [0.4, 0.5) is 0 Å². The van der Waals surface area contributed by atoms with Gasteiger partial charge in [-0.2, -0.15) is 0 Å².